The smallest absolute Gasteiger partial charge is 0.222 e. The van der Waals surface area contributed by atoms with Gasteiger partial charge in [-0.1, -0.05) is 31.2 Å². The lowest BCUT2D eigenvalue weighted by atomic mass is 10.1. The summed E-state index contributed by atoms with van der Waals surface area (Å²) in [6.45, 7) is 2.05. The van der Waals surface area contributed by atoms with Gasteiger partial charge in [-0.05, 0) is 30.4 Å². The van der Waals surface area contributed by atoms with Crippen LogP contribution in [0.4, 0.5) is 0 Å². The molecule has 2 heteroatoms. The van der Waals surface area contributed by atoms with Crippen LogP contribution in [0.25, 0.3) is 0 Å². The first-order chi connectivity index (χ1) is 7.74. The van der Waals surface area contributed by atoms with Gasteiger partial charge >= 0.3 is 0 Å². The summed E-state index contributed by atoms with van der Waals surface area (Å²) in [6, 6.07) is 8.77. The molecule has 2 nitrogen and oxygen atoms in total. The van der Waals surface area contributed by atoms with Crippen molar-refractivity contribution >= 4 is 5.91 Å². The molecular formula is C14H19NO. The van der Waals surface area contributed by atoms with Crippen molar-refractivity contribution in [3.63, 3.8) is 0 Å². The van der Waals surface area contributed by atoms with E-state index in [1.54, 1.807) is 0 Å². The Labute approximate surface area is 97.3 Å². The molecule has 1 aliphatic rings. The average Bonchev–Trinajstić information content (AvgIpc) is 2.72. The summed E-state index contributed by atoms with van der Waals surface area (Å²) in [5.41, 5.74) is 2.75. The predicted molar refractivity (Wildman–Crippen MR) is 65.2 cm³/mol. The number of benzene rings is 1. The van der Waals surface area contributed by atoms with Crippen molar-refractivity contribution in [3.8, 4) is 0 Å². The quantitative estimate of drug-likeness (QED) is 0.762. The maximum Gasteiger partial charge on any atom is 0.222 e. The normalized spacial score (nSPS) is 18.2. The van der Waals surface area contributed by atoms with Crippen LogP contribution in [0.5, 0.6) is 0 Å². The minimum atomic E-state index is 0.268. The Morgan fingerprint density at radius 2 is 2.19 bits per heavy atom. The summed E-state index contributed by atoms with van der Waals surface area (Å²) in [5, 5.41) is 0. The zero-order chi connectivity index (χ0) is 11.5. The Balaban J connectivity index is 2.15. The maximum atomic E-state index is 11.9. The van der Waals surface area contributed by atoms with E-state index in [0.717, 1.165) is 19.3 Å². The third-order valence-electron chi connectivity index (χ3n) is 3.43. The fraction of sp³-hybridized carbons (Fsp3) is 0.500. The van der Waals surface area contributed by atoms with Crippen molar-refractivity contribution in [2.75, 3.05) is 7.05 Å². The molecule has 1 aromatic carbocycles. The van der Waals surface area contributed by atoms with Crippen molar-refractivity contribution in [3.05, 3.63) is 35.4 Å². The molecule has 0 saturated carbocycles. The van der Waals surface area contributed by atoms with Crippen LogP contribution in [0.1, 0.15) is 43.4 Å². The highest BCUT2D eigenvalue weighted by Gasteiger charge is 2.27. The maximum absolute atomic E-state index is 11.9. The Morgan fingerprint density at radius 1 is 1.44 bits per heavy atom. The molecular weight excluding hydrogens is 198 g/mol. The third kappa shape index (κ3) is 1.97. The van der Waals surface area contributed by atoms with Crippen molar-refractivity contribution in [1.82, 2.24) is 4.90 Å². The van der Waals surface area contributed by atoms with E-state index in [-0.39, 0.29) is 5.91 Å². The van der Waals surface area contributed by atoms with Gasteiger partial charge in [-0.3, -0.25) is 4.79 Å². The molecule has 0 fully saturated rings. The molecule has 0 aromatic heterocycles. The Hall–Kier alpha value is -1.31. The molecule has 1 amide bonds. The molecule has 0 heterocycles. The fourth-order valence-electron chi connectivity index (χ4n) is 2.50. The molecule has 0 spiro atoms. The summed E-state index contributed by atoms with van der Waals surface area (Å²) in [4.78, 5) is 13.8. The number of carbonyl (C=O) groups excluding carboxylic acids is 1. The van der Waals surface area contributed by atoms with Crippen LogP contribution in [0, 0.1) is 0 Å². The van der Waals surface area contributed by atoms with Crippen molar-refractivity contribution in [1.29, 1.82) is 0 Å². The predicted octanol–water partition coefficient (Wildman–Crippen LogP) is 2.93. The lowest BCUT2D eigenvalue weighted by Crippen LogP contribution is -2.29. The summed E-state index contributed by atoms with van der Waals surface area (Å²) in [7, 11) is 1.94. The summed E-state index contributed by atoms with van der Waals surface area (Å²) < 4.78 is 0. The highest BCUT2D eigenvalue weighted by molar-refractivity contribution is 5.76. The van der Waals surface area contributed by atoms with Gasteiger partial charge < -0.3 is 4.90 Å². The van der Waals surface area contributed by atoms with E-state index < -0.39 is 0 Å². The van der Waals surface area contributed by atoms with Gasteiger partial charge in [0, 0.05) is 13.5 Å². The molecule has 1 aromatic rings. The number of carbonyl (C=O) groups is 1. The third-order valence-corrected chi connectivity index (χ3v) is 3.43. The van der Waals surface area contributed by atoms with E-state index in [4.69, 9.17) is 0 Å². The number of nitrogens with zero attached hydrogens (tertiary/aromatic N) is 1. The molecule has 16 heavy (non-hydrogen) atoms. The van der Waals surface area contributed by atoms with Gasteiger partial charge in [0.15, 0.2) is 0 Å². The molecule has 1 aliphatic carbocycles. The highest BCUT2D eigenvalue weighted by Crippen LogP contribution is 2.34. The molecule has 86 valence electrons. The first-order valence-corrected chi connectivity index (χ1v) is 6.07. The number of hydrogen-bond acceptors (Lipinski definition) is 1. The summed E-state index contributed by atoms with van der Waals surface area (Å²) >= 11 is 0. The monoisotopic (exact) mass is 217 g/mol. The van der Waals surface area contributed by atoms with E-state index in [1.807, 2.05) is 18.9 Å². The second kappa shape index (κ2) is 4.69. The van der Waals surface area contributed by atoms with Crippen molar-refractivity contribution < 1.29 is 4.79 Å². The van der Waals surface area contributed by atoms with Gasteiger partial charge in [0.25, 0.3) is 0 Å². The number of amides is 1. The van der Waals surface area contributed by atoms with Gasteiger partial charge in [-0.25, -0.2) is 0 Å². The lowest BCUT2D eigenvalue weighted by Gasteiger charge is -2.25. The van der Waals surface area contributed by atoms with Crippen molar-refractivity contribution in [2.24, 2.45) is 0 Å². The molecule has 0 bridgehead atoms. The molecule has 0 saturated heterocycles. The minimum absolute atomic E-state index is 0.268. The van der Waals surface area contributed by atoms with E-state index in [2.05, 4.69) is 24.3 Å². The Morgan fingerprint density at radius 3 is 2.94 bits per heavy atom. The topological polar surface area (TPSA) is 20.3 Å². The standard InChI is InChI=1S/C14H19NO/c1-3-6-14(16)15(2)13-10-9-11-7-4-5-8-12(11)13/h4-5,7-8,13H,3,6,9-10H2,1-2H3. The van der Waals surface area contributed by atoms with Crippen LogP contribution in [-0.4, -0.2) is 17.9 Å². The first-order valence-electron chi connectivity index (χ1n) is 6.07. The molecule has 0 N–H and O–H groups in total. The van der Waals surface area contributed by atoms with Crippen LogP contribution in [0.2, 0.25) is 0 Å². The van der Waals surface area contributed by atoms with Crippen LogP contribution in [0.3, 0.4) is 0 Å². The fourth-order valence-corrected chi connectivity index (χ4v) is 2.50. The van der Waals surface area contributed by atoms with Crippen LogP contribution in [-0.2, 0) is 11.2 Å². The number of rotatable bonds is 3. The van der Waals surface area contributed by atoms with Gasteiger partial charge in [-0.15, -0.1) is 0 Å². The minimum Gasteiger partial charge on any atom is -0.339 e. The zero-order valence-electron chi connectivity index (χ0n) is 10.1. The average molecular weight is 217 g/mol. The molecule has 0 radical (unpaired) electrons. The van der Waals surface area contributed by atoms with Crippen molar-refractivity contribution in [2.45, 2.75) is 38.6 Å². The largest absolute Gasteiger partial charge is 0.339 e. The second-order valence-electron chi connectivity index (χ2n) is 4.51. The van der Waals surface area contributed by atoms with Gasteiger partial charge in [0.05, 0.1) is 6.04 Å². The second-order valence-corrected chi connectivity index (χ2v) is 4.51. The Kier molecular flexibility index (Phi) is 3.28. The summed E-state index contributed by atoms with van der Waals surface area (Å²) in [6.07, 6.45) is 3.77. The van der Waals surface area contributed by atoms with Crippen LogP contribution >= 0.6 is 0 Å². The van der Waals surface area contributed by atoms with Crippen LogP contribution in [0.15, 0.2) is 24.3 Å². The van der Waals surface area contributed by atoms with E-state index >= 15 is 0 Å². The zero-order valence-corrected chi connectivity index (χ0v) is 10.1. The number of hydrogen-bond donors (Lipinski definition) is 0. The van der Waals surface area contributed by atoms with Gasteiger partial charge in [-0.2, -0.15) is 0 Å². The Bertz CT molecular complexity index is 386. The molecule has 1 unspecified atom stereocenters. The van der Waals surface area contributed by atoms with E-state index in [9.17, 15) is 4.79 Å². The summed E-state index contributed by atoms with van der Waals surface area (Å²) in [5.74, 6) is 0.268. The number of aryl methyl sites for hydroxylation is 1. The first kappa shape index (κ1) is 11.2. The van der Waals surface area contributed by atoms with Gasteiger partial charge in [0.1, 0.15) is 0 Å². The molecule has 0 aliphatic heterocycles. The van der Waals surface area contributed by atoms with Crippen LogP contribution < -0.4 is 0 Å². The molecule has 2 rings (SSSR count). The van der Waals surface area contributed by atoms with E-state index in [0.29, 0.717) is 12.5 Å². The van der Waals surface area contributed by atoms with Gasteiger partial charge in [0.2, 0.25) is 5.91 Å². The van der Waals surface area contributed by atoms with E-state index in [1.165, 1.54) is 11.1 Å². The molecule has 1 atom stereocenters. The SMILES string of the molecule is CCCC(=O)N(C)C1CCc2ccccc21. The lowest BCUT2D eigenvalue weighted by molar-refractivity contribution is -0.132. The highest BCUT2D eigenvalue weighted by atomic mass is 16.2. The number of fused-ring (bicyclic) bond motifs is 1.